The summed E-state index contributed by atoms with van der Waals surface area (Å²) in [6.07, 6.45) is 1.79. The van der Waals surface area contributed by atoms with Crippen molar-refractivity contribution in [2.75, 3.05) is 14.2 Å². The Hall–Kier alpha value is -4.70. The Morgan fingerprint density at radius 1 is 0.833 bits per heavy atom. The Morgan fingerprint density at radius 3 is 2.22 bits per heavy atom. The third-order valence-corrected chi connectivity index (χ3v) is 5.61. The highest BCUT2D eigenvalue weighted by atomic mass is 16.5. The van der Waals surface area contributed by atoms with E-state index in [1.807, 2.05) is 12.1 Å². The Bertz CT molecular complexity index is 1460. The van der Waals surface area contributed by atoms with Gasteiger partial charge in [-0.1, -0.05) is 24.3 Å². The zero-order valence-corrected chi connectivity index (χ0v) is 20.0. The number of rotatable bonds is 10. The van der Waals surface area contributed by atoms with E-state index >= 15 is 0 Å². The molecule has 180 valence electrons. The van der Waals surface area contributed by atoms with E-state index < -0.39 is 0 Å². The minimum atomic E-state index is -0.174. The van der Waals surface area contributed by atoms with Crippen LogP contribution in [0.15, 0.2) is 72.9 Å². The van der Waals surface area contributed by atoms with Crippen LogP contribution in [-0.4, -0.2) is 30.8 Å². The summed E-state index contributed by atoms with van der Waals surface area (Å²) in [5.41, 5.74) is 2.72. The molecule has 0 saturated carbocycles. The summed E-state index contributed by atoms with van der Waals surface area (Å²) < 4.78 is 16.8. The van der Waals surface area contributed by atoms with Crippen molar-refractivity contribution in [2.24, 2.45) is 0 Å². The predicted octanol–water partition coefficient (Wildman–Crippen LogP) is 5.23. The van der Waals surface area contributed by atoms with E-state index in [0.29, 0.717) is 34.1 Å². The summed E-state index contributed by atoms with van der Waals surface area (Å²) in [5, 5.41) is 9.76. The lowest BCUT2D eigenvalue weighted by molar-refractivity contribution is -0.126. The van der Waals surface area contributed by atoms with Crippen LogP contribution in [0.25, 0.3) is 10.9 Å². The fourth-order valence-electron chi connectivity index (χ4n) is 3.89. The van der Waals surface area contributed by atoms with Gasteiger partial charge in [-0.2, -0.15) is 5.26 Å². The van der Waals surface area contributed by atoms with E-state index in [2.05, 4.69) is 4.98 Å². The minimum absolute atomic E-state index is 0.130. The Morgan fingerprint density at radius 2 is 1.53 bits per heavy atom. The summed E-state index contributed by atoms with van der Waals surface area (Å²) in [7, 11) is 3.14. The van der Waals surface area contributed by atoms with Crippen LogP contribution in [-0.2, 0) is 22.4 Å². The van der Waals surface area contributed by atoms with Crippen LogP contribution in [0.1, 0.15) is 23.1 Å². The SMILES string of the molecule is COc1cc2nccc(Oc3ccc(CC(=O)CC(=O)Cc4cccc(C#N)c4)cc3)c2cc1OC. The van der Waals surface area contributed by atoms with Gasteiger partial charge in [-0.25, -0.2) is 0 Å². The Labute approximate surface area is 208 Å². The largest absolute Gasteiger partial charge is 0.493 e. The fourth-order valence-corrected chi connectivity index (χ4v) is 3.89. The normalized spacial score (nSPS) is 10.5. The van der Waals surface area contributed by atoms with Crippen LogP contribution in [0, 0.1) is 11.3 Å². The Kier molecular flexibility index (Phi) is 7.57. The van der Waals surface area contributed by atoms with Gasteiger partial charge in [0.05, 0.1) is 37.8 Å². The molecule has 0 unspecified atom stereocenters. The van der Waals surface area contributed by atoms with Crippen LogP contribution in [0.5, 0.6) is 23.0 Å². The highest BCUT2D eigenvalue weighted by Crippen LogP contribution is 2.36. The van der Waals surface area contributed by atoms with Crippen molar-refractivity contribution in [3.63, 3.8) is 0 Å². The maximum Gasteiger partial charge on any atom is 0.162 e. The number of aromatic nitrogens is 1. The van der Waals surface area contributed by atoms with E-state index in [4.69, 9.17) is 19.5 Å². The summed E-state index contributed by atoms with van der Waals surface area (Å²) >= 11 is 0. The van der Waals surface area contributed by atoms with Gasteiger partial charge in [0.2, 0.25) is 0 Å². The zero-order chi connectivity index (χ0) is 25.5. The van der Waals surface area contributed by atoms with Gasteiger partial charge in [0.1, 0.15) is 23.1 Å². The van der Waals surface area contributed by atoms with E-state index in [0.717, 1.165) is 16.5 Å². The highest BCUT2D eigenvalue weighted by Gasteiger charge is 2.13. The van der Waals surface area contributed by atoms with Gasteiger partial charge in [0.15, 0.2) is 11.5 Å². The predicted molar refractivity (Wildman–Crippen MR) is 135 cm³/mol. The van der Waals surface area contributed by atoms with Gasteiger partial charge in [0, 0.05) is 30.5 Å². The molecule has 36 heavy (non-hydrogen) atoms. The second-order valence-corrected chi connectivity index (χ2v) is 8.20. The number of ketones is 2. The second kappa shape index (κ2) is 11.2. The van der Waals surface area contributed by atoms with Crippen molar-refractivity contribution in [2.45, 2.75) is 19.3 Å². The van der Waals surface area contributed by atoms with Crippen LogP contribution in [0.2, 0.25) is 0 Å². The standard InChI is InChI=1S/C29H24N2O5/c1-34-28-16-25-26(17-29(28)35-2)31-11-10-27(25)36-24-8-6-19(7-9-24)13-22(32)15-23(33)14-20-4-3-5-21(12-20)18-30/h3-12,16-17H,13-15H2,1-2H3. The van der Waals surface area contributed by atoms with Crippen LogP contribution < -0.4 is 14.2 Å². The number of ether oxygens (including phenoxy) is 3. The van der Waals surface area contributed by atoms with E-state index in [1.165, 1.54) is 0 Å². The molecular formula is C29H24N2O5. The minimum Gasteiger partial charge on any atom is -0.493 e. The zero-order valence-electron chi connectivity index (χ0n) is 20.0. The van der Waals surface area contributed by atoms with Gasteiger partial charge >= 0.3 is 0 Å². The summed E-state index contributed by atoms with van der Waals surface area (Å²) in [5.74, 6) is 2.03. The van der Waals surface area contributed by atoms with E-state index in [9.17, 15) is 9.59 Å². The maximum atomic E-state index is 12.4. The lowest BCUT2D eigenvalue weighted by atomic mass is 10.0. The van der Waals surface area contributed by atoms with Gasteiger partial charge in [-0.15, -0.1) is 0 Å². The third-order valence-electron chi connectivity index (χ3n) is 5.61. The molecular weight excluding hydrogens is 456 g/mol. The first kappa shape index (κ1) is 24.4. The van der Waals surface area contributed by atoms with Crippen molar-refractivity contribution < 1.29 is 23.8 Å². The van der Waals surface area contributed by atoms with Crippen LogP contribution >= 0.6 is 0 Å². The molecule has 0 N–H and O–H groups in total. The Balaban J connectivity index is 1.39. The highest BCUT2D eigenvalue weighted by molar-refractivity contribution is 6.00. The quantitative estimate of drug-likeness (QED) is 0.287. The van der Waals surface area contributed by atoms with Crippen molar-refractivity contribution in [1.82, 2.24) is 4.98 Å². The number of hydrogen-bond donors (Lipinski definition) is 0. The number of nitriles is 1. The molecule has 4 rings (SSSR count). The molecule has 4 aromatic rings. The molecule has 1 aromatic heterocycles. The summed E-state index contributed by atoms with van der Waals surface area (Å²) in [6.45, 7) is 0. The van der Waals surface area contributed by atoms with E-state index in [-0.39, 0.29) is 30.8 Å². The summed E-state index contributed by atoms with van der Waals surface area (Å²) in [4.78, 5) is 29.1. The third kappa shape index (κ3) is 5.86. The molecule has 0 saturated heterocycles. The smallest absolute Gasteiger partial charge is 0.162 e. The molecule has 7 nitrogen and oxygen atoms in total. The van der Waals surface area contributed by atoms with Crippen molar-refractivity contribution >= 4 is 22.5 Å². The molecule has 0 aliphatic rings. The fraction of sp³-hybridized carbons (Fsp3) is 0.172. The molecule has 1 heterocycles. The monoisotopic (exact) mass is 480 g/mol. The number of fused-ring (bicyclic) bond motifs is 1. The molecule has 0 amide bonds. The number of carbonyl (C=O) groups is 2. The average molecular weight is 481 g/mol. The van der Waals surface area contributed by atoms with Crippen molar-refractivity contribution in [1.29, 1.82) is 5.26 Å². The molecule has 0 fully saturated rings. The lowest BCUT2D eigenvalue weighted by Gasteiger charge is -2.12. The number of pyridine rings is 1. The number of hydrogen-bond acceptors (Lipinski definition) is 7. The van der Waals surface area contributed by atoms with Gasteiger partial charge in [0.25, 0.3) is 0 Å². The molecule has 7 heteroatoms. The number of Topliss-reactive ketones (excluding diaryl/α,β-unsaturated/α-hetero) is 2. The van der Waals surface area contributed by atoms with Gasteiger partial charge in [-0.3, -0.25) is 14.6 Å². The van der Waals surface area contributed by atoms with Gasteiger partial charge in [-0.05, 0) is 47.5 Å². The molecule has 3 aromatic carbocycles. The molecule has 0 aliphatic carbocycles. The first-order valence-electron chi connectivity index (χ1n) is 11.3. The first-order valence-corrected chi connectivity index (χ1v) is 11.3. The van der Waals surface area contributed by atoms with E-state index in [1.54, 1.807) is 81.1 Å². The number of nitrogens with zero attached hydrogens (tertiary/aromatic N) is 2. The first-order chi connectivity index (χ1) is 17.5. The van der Waals surface area contributed by atoms with Gasteiger partial charge < -0.3 is 14.2 Å². The van der Waals surface area contributed by atoms with Crippen molar-refractivity contribution in [3.8, 4) is 29.1 Å². The topological polar surface area (TPSA) is 98.5 Å². The number of methoxy groups -OCH3 is 2. The van der Waals surface area contributed by atoms with Crippen molar-refractivity contribution in [3.05, 3.63) is 89.6 Å². The lowest BCUT2D eigenvalue weighted by Crippen LogP contribution is -2.12. The second-order valence-electron chi connectivity index (χ2n) is 8.20. The van der Waals surface area contributed by atoms with Crippen LogP contribution in [0.3, 0.4) is 0 Å². The molecule has 0 bridgehead atoms. The number of benzene rings is 3. The molecule has 0 spiro atoms. The van der Waals surface area contributed by atoms with Crippen LogP contribution in [0.4, 0.5) is 0 Å². The number of carbonyl (C=O) groups excluding carboxylic acids is 2. The average Bonchev–Trinajstić information content (AvgIpc) is 2.89. The summed E-state index contributed by atoms with van der Waals surface area (Å²) in [6, 6.07) is 21.5. The molecule has 0 aliphatic heterocycles. The molecule has 0 atom stereocenters. The molecule has 0 radical (unpaired) electrons. The maximum absolute atomic E-state index is 12.4.